The van der Waals surface area contributed by atoms with Crippen LogP contribution in [0.2, 0.25) is 10.0 Å². The Balaban J connectivity index is 1.57. The van der Waals surface area contributed by atoms with Crippen molar-refractivity contribution >= 4 is 34.8 Å². The zero-order valence-electron chi connectivity index (χ0n) is 15.3. The van der Waals surface area contributed by atoms with Gasteiger partial charge in [0.25, 0.3) is 0 Å². The van der Waals surface area contributed by atoms with Crippen molar-refractivity contribution in [1.29, 1.82) is 0 Å². The highest BCUT2D eigenvalue weighted by Crippen LogP contribution is 2.58. The van der Waals surface area contributed by atoms with Crippen LogP contribution in [0.25, 0.3) is 0 Å². The summed E-state index contributed by atoms with van der Waals surface area (Å²) in [5.74, 6) is 0.406. The molecular formula is C24H19Cl2NO. The number of rotatable bonds is 2. The van der Waals surface area contributed by atoms with Gasteiger partial charge in [-0.1, -0.05) is 78.7 Å². The summed E-state index contributed by atoms with van der Waals surface area (Å²) in [4.78, 5) is 13.4. The second-order valence-electron chi connectivity index (χ2n) is 7.72. The normalized spacial score (nSPS) is 24.4. The molecule has 2 nitrogen and oxygen atoms in total. The lowest BCUT2D eigenvalue weighted by molar-refractivity contribution is -0.122. The van der Waals surface area contributed by atoms with Gasteiger partial charge in [-0.05, 0) is 46.4 Å². The lowest BCUT2D eigenvalue weighted by Crippen LogP contribution is -2.44. The molecule has 3 aromatic carbocycles. The third kappa shape index (κ3) is 2.59. The Labute approximate surface area is 174 Å². The number of benzene rings is 3. The maximum Gasteiger partial charge on any atom is 0.228 e. The van der Waals surface area contributed by atoms with Crippen LogP contribution in [0.5, 0.6) is 0 Å². The fourth-order valence-electron chi connectivity index (χ4n) is 5.14. The minimum absolute atomic E-state index is 0.0323. The molecule has 0 radical (unpaired) electrons. The zero-order chi connectivity index (χ0) is 19.4. The molecule has 4 heteroatoms. The average Bonchev–Trinajstić information content (AvgIpc) is 2.70. The highest BCUT2D eigenvalue weighted by atomic mass is 35.5. The number of halogens is 2. The molecule has 3 aromatic rings. The molecule has 1 N–H and O–H groups in total. The molecule has 0 heterocycles. The van der Waals surface area contributed by atoms with E-state index in [1.54, 1.807) is 18.2 Å². The molecule has 28 heavy (non-hydrogen) atoms. The van der Waals surface area contributed by atoms with E-state index in [-0.39, 0.29) is 29.6 Å². The summed E-state index contributed by atoms with van der Waals surface area (Å²) in [6.07, 6.45) is 0. The first-order valence-electron chi connectivity index (χ1n) is 9.50. The number of nitrogens with one attached hydrogen (secondary N) is 1. The molecule has 0 spiro atoms. The van der Waals surface area contributed by atoms with Crippen molar-refractivity contribution in [2.24, 2.45) is 11.8 Å². The number of carbonyl (C=O) groups excluding carboxylic acids is 1. The van der Waals surface area contributed by atoms with Gasteiger partial charge in [0.15, 0.2) is 0 Å². The van der Waals surface area contributed by atoms with Gasteiger partial charge in [-0.3, -0.25) is 4.79 Å². The predicted molar refractivity (Wildman–Crippen MR) is 114 cm³/mol. The topological polar surface area (TPSA) is 29.1 Å². The van der Waals surface area contributed by atoms with Gasteiger partial charge in [0.2, 0.25) is 5.91 Å². The molecule has 6 rings (SSSR count). The van der Waals surface area contributed by atoms with Gasteiger partial charge in [-0.2, -0.15) is 0 Å². The highest BCUT2D eigenvalue weighted by molar-refractivity contribution is 6.42. The van der Waals surface area contributed by atoms with E-state index in [1.165, 1.54) is 22.3 Å². The SMILES string of the molecule is C[C@H]1C2c3ccccc3C(c3ccccc32)[C@H]1C(=O)Nc1ccc(Cl)c(Cl)c1. The molecule has 2 bridgehead atoms. The standard InChI is InChI=1S/C24H19Cl2NO/c1-13-21-15-6-2-4-8-17(15)23(18-9-5-3-7-16(18)21)22(13)24(28)27-14-10-11-19(25)20(26)12-14/h2-13,21-23H,1H3,(H,27,28)/t13-,21?,22-,23?/m0/s1. The maximum absolute atomic E-state index is 13.4. The summed E-state index contributed by atoms with van der Waals surface area (Å²) < 4.78 is 0. The summed E-state index contributed by atoms with van der Waals surface area (Å²) in [5.41, 5.74) is 5.95. The van der Waals surface area contributed by atoms with Crippen LogP contribution in [0.1, 0.15) is 41.0 Å². The van der Waals surface area contributed by atoms with Crippen LogP contribution in [0.15, 0.2) is 66.7 Å². The van der Waals surface area contributed by atoms with Crippen molar-refractivity contribution in [1.82, 2.24) is 0 Å². The van der Waals surface area contributed by atoms with E-state index in [0.29, 0.717) is 15.7 Å². The van der Waals surface area contributed by atoms with E-state index in [9.17, 15) is 4.79 Å². The molecule has 0 saturated heterocycles. The Kier molecular flexibility index (Phi) is 4.22. The first-order chi connectivity index (χ1) is 13.6. The summed E-state index contributed by atoms with van der Waals surface area (Å²) in [7, 11) is 0. The number of hydrogen-bond donors (Lipinski definition) is 1. The molecule has 140 valence electrons. The second kappa shape index (κ2) is 6.65. The van der Waals surface area contributed by atoms with Crippen LogP contribution in [-0.2, 0) is 4.79 Å². The van der Waals surface area contributed by atoms with Gasteiger partial charge in [0.05, 0.1) is 16.0 Å². The van der Waals surface area contributed by atoms with Crippen molar-refractivity contribution in [2.45, 2.75) is 18.8 Å². The summed E-state index contributed by atoms with van der Waals surface area (Å²) in [6, 6.07) is 22.3. The van der Waals surface area contributed by atoms with Crippen molar-refractivity contribution in [3.63, 3.8) is 0 Å². The largest absolute Gasteiger partial charge is 0.326 e. The van der Waals surface area contributed by atoms with Crippen LogP contribution >= 0.6 is 23.2 Å². The molecule has 0 fully saturated rings. The average molecular weight is 408 g/mol. The predicted octanol–water partition coefficient (Wildman–Crippen LogP) is 6.48. The molecule has 0 saturated carbocycles. The van der Waals surface area contributed by atoms with Crippen molar-refractivity contribution in [3.05, 3.63) is 99.0 Å². The van der Waals surface area contributed by atoms with Crippen molar-refractivity contribution in [2.75, 3.05) is 5.32 Å². The van der Waals surface area contributed by atoms with E-state index in [2.05, 4.69) is 60.8 Å². The molecule has 1 amide bonds. The minimum Gasteiger partial charge on any atom is -0.326 e. The summed E-state index contributed by atoms with van der Waals surface area (Å²) >= 11 is 12.1. The third-order valence-corrected chi connectivity index (χ3v) is 7.01. The maximum atomic E-state index is 13.4. The molecule has 0 aliphatic heterocycles. The number of amides is 1. The molecular weight excluding hydrogens is 389 g/mol. The van der Waals surface area contributed by atoms with E-state index in [4.69, 9.17) is 23.2 Å². The zero-order valence-corrected chi connectivity index (χ0v) is 16.8. The van der Waals surface area contributed by atoms with Crippen LogP contribution in [-0.4, -0.2) is 5.91 Å². The second-order valence-corrected chi connectivity index (χ2v) is 8.53. The van der Waals surface area contributed by atoms with E-state index >= 15 is 0 Å². The molecule has 2 atom stereocenters. The monoisotopic (exact) mass is 407 g/mol. The highest BCUT2D eigenvalue weighted by Gasteiger charge is 2.50. The molecule has 0 aromatic heterocycles. The van der Waals surface area contributed by atoms with Gasteiger partial charge in [-0.25, -0.2) is 0 Å². The minimum atomic E-state index is -0.135. The number of anilines is 1. The first-order valence-corrected chi connectivity index (χ1v) is 10.3. The number of fused-ring (bicyclic) bond motifs is 1. The number of carbonyl (C=O) groups is 1. The van der Waals surface area contributed by atoms with Crippen LogP contribution < -0.4 is 5.32 Å². The van der Waals surface area contributed by atoms with Crippen LogP contribution in [0.4, 0.5) is 5.69 Å². The van der Waals surface area contributed by atoms with Gasteiger partial charge < -0.3 is 5.32 Å². The quantitative estimate of drug-likeness (QED) is 0.517. The van der Waals surface area contributed by atoms with Gasteiger partial charge >= 0.3 is 0 Å². The fraction of sp³-hybridized carbons (Fsp3) is 0.208. The summed E-state index contributed by atoms with van der Waals surface area (Å²) in [6.45, 7) is 2.20. The molecule has 0 unspecified atom stereocenters. The van der Waals surface area contributed by atoms with Crippen molar-refractivity contribution in [3.8, 4) is 0 Å². The third-order valence-electron chi connectivity index (χ3n) is 6.27. The molecule has 3 aliphatic carbocycles. The Morgan fingerprint density at radius 3 is 1.86 bits per heavy atom. The van der Waals surface area contributed by atoms with Gasteiger partial charge in [0, 0.05) is 17.5 Å². The van der Waals surface area contributed by atoms with Gasteiger partial charge in [0.1, 0.15) is 0 Å². The van der Waals surface area contributed by atoms with Crippen LogP contribution in [0, 0.1) is 11.8 Å². The Bertz CT molecular complexity index is 1050. The molecule has 3 aliphatic rings. The van der Waals surface area contributed by atoms with E-state index in [1.807, 2.05) is 0 Å². The van der Waals surface area contributed by atoms with E-state index < -0.39 is 0 Å². The lowest BCUT2D eigenvalue weighted by atomic mass is 9.54. The Morgan fingerprint density at radius 1 is 0.786 bits per heavy atom. The smallest absolute Gasteiger partial charge is 0.228 e. The summed E-state index contributed by atoms with van der Waals surface area (Å²) in [5, 5.41) is 3.99. The fourth-order valence-corrected chi connectivity index (χ4v) is 5.44. The van der Waals surface area contributed by atoms with Crippen LogP contribution in [0.3, 0.4) is 0 Å². The van der Waals surface area contributed by atoms with Crippen molar-refractivity contribution < 1.29 is 4.79 Å². The van der Waals surface area contributed by atoms with E-state index in [0.717, 1.165) is 0 Å². The lowest BCUT2D eigenvalue weighted by Gasteiger charge is -2.49. The Hall–Kier alpha value is -2.29. The van der Waals surface area contributed by atoms with Gasteiger partial charge in [-0.15, -0.1) is 0 Å². The number of hydrogen-bond acceptors (Lipinski definition) is 1. The first kappa shape index (κ1) is 17.8. The Morgan fingerprint density at radius 2 is 1.32 bits per heavy atom.